The van der Waals surface area contributed by atoms with E-state index in [1.54, 1.807) is 13.2 Å². The van der Waals surface area contributed by atoms with Gasteiger partial charge in [0.1, 0.15) is 0 Å². The first-order chi connectivity index (χ1) is 9.76. The van der Waals surface area contributed by atoms with Gasteiger partial charge >= 0.3 is 0 Å². The molecule has 0 saturated heterocycles. The minimum atomic E-state index is 0.173. The number of nitrogen functional groups attached to an aromatic ring is 1. The van der Waals surface area contributed by atoms with Crippen molar-refractivity contribution in [3.8, 4) is 28.6 Å². The number of fused-ring (bicyclic) bond motifs is 1. The summed E-state index contributed by atoms with van der Waals surface area (Å²) in [6.07, 6.45) is 0.873. The molecular weight excluding hydrogens is 258 g/mol. The van der Waals surface area contributed by atoms with E-state index in [1.165, 1.54) is 0 Å². The molecule has 0 bridgehead atoms. The summed E-state index contributed by atoms with van der Waals surface area (Å²) < 4.78 is 16.4. The number of nitrogens with two attached hydrogens (primary N) is 1. The summed E-state index contributed by atoms with van der Waals surface area (Å²) in [6.45, 7) is 1.31. The van der Waals surface area contributed by atoms with Gasteiger partial charge in [-0.2, -0.15) is 4.98 Å². The molecule has 0 fully saturated rings. The maximum Gasteiger partial charge on any atom is 0.223 e. The molecule has 6 heteroatoms. The molecule has 2 N–H and O–H groups in total. The maximum absolute atomic E-state index is 5.68. The number of hydrogen-bond donors (Lipinski definition) is 1. The van der Waals surface area contributed by atoms with E-state index in [-0.39, 0.29) is 5.95 Å². The van der Waals surface area contributed by atoms with Crippen LogP contribution in [-0.2, 0) is 0 Å². The van der Waals surface area contributed by atoms with Crippen molar-refractivity contribution in [1.29, 1.82) is 0 Å². The van der Waals surface area contributed by atoms with E-state index in [0.717, 1.165) is 23.5 Å². The first-order valence-corrected chi connectivity index (χ1v) is 6.35. The highest BCUT2D eigenvalue weighted by Gasteiger charge is 2.13. The Morgan fingerprint density at radius 1 is 1.10 bits per heavy atom. The molecule has 0 spiro atoms. The molecule has 0 radical (unpaired) electrons. The Morgan fingerprint density at radius 3 is 2.70 bits per heavy atom. The lowest BCUT2D eigenvalue weighted by molar-refractivity contribution is 0.297. The van der Waals surface area contributed by atoms with E-state index < -0.39 is 0 Å². The standard InChI is InChI=1S/C14H15N3O3/c1-18-13-8-10(16-14(15)17-13)9-3-4-11-12(7-9)20-6-2-5-19-11/h3-4,7-8H,2,5-6H2,1H3,(H2,15,16,17). The average Bonchev–Trinajstić information content (AvgIpc) is 2.70. The van der Waals surface area contributed by atoms with Crippen molar-refractivity contribution < 1.29 is 14.2 Å². The van der Waals surface area contributed by atoms with Crippen LogP contribution in [0.15, 0.2) is 24.3 Å². The van der Waals surface area contributed by atoms with Crippen molar-refractivity contribution in [3.63, 3.8) is 0 Å². The Morgan fingerprint density at radius 2 is 1.90 bits per heavy atom. The van der Waals surface area contributed by atoms with Crippen molar-refractivity contribution in [1.82, 2.24) is 9.97 Å². The molecule has 1 aliphatic rings. The number of ether oxygens (including phenoxy) is 3. The summed E-state index contributed by atoms with van der Waals surface area (Å²) >= 11 is 0. The van der Waals surface area contributed by atoms with Gasteiger partial charge in [-0.25, -0.2) is 4.98 Å². The minimum Gasteiger partial charge on any atom is -0.490 e. The third-order valence-corrected chi connectivity index (χ3v) is 2.97. The Kier molecular flexibility index (Phi) is 3.28. The molecule has 104 valence electrons. The van der Waals surface area contributed by atoms with Crippen LogP contribution >= 0.6 is 0 Å². The monoisotopic (exact) mass is 273 g/mol. The van der Waals surface area contributed by atoms with Crippen LogP contribution in [0.5, 0.6) is 17.4 Å². The van der Waals surface area contributed by atoms with E-state index in [2.05, 4.69) is 9.97 Å². The first-order valence-electron chi connectivity index (χ1n) is 6.35. The van der Waals surface area contributed by atoms with Crippen LogP contribution in [-0.4, -0.2) is 30.3 Å². The molecule has 1 aromatic carbocycles. The Balaban J connectivity index is 2.02. The van der Waals surface area contributed by atoms with Gasteiger partial charge in [-0.1, -0.05) is 0 Å². The smallest absolute Gasteiger partial charge is 0.223 e. The van der Waals surface area contributed by atoms with Gasteiger partial charge in [-0.05, 0) is 18.2 Å². The second-order valence-electron chi connectivity index (χ2n) is 4.37. The van der Waals surface area contributed by atoms with Gasteiger partial charge < -0.3 is 19.9 Å². The second kappa shape index (κ2) is 5.24. The molecule has 1 aromatic heterocycles. The Bertz CT molecular complexity index is 631. The summed E-state index contributed by atoms with van der Waals surface area (Å²) in [7, 11) is 1.54. The predicted octanol–water partition coefficient (Wildman–Crippen LogP) is 1.90. The van der Waals surface area contributed by atoms with E-state index in [0.29, 0.717) is 24.8 Å². The summed E-state index contributed by atoms with van der Waals surface area (Å²) in [5.41, 5.74) is 7.24. The number of nitrogens with zero attached hydrogens (tertiary/aromatic N) is 2. The normalized spacial score (nSPS) is 13.7. The number of methoxy groups -OCH3 is 1. The zero-order valence-electron chi connectivity index (χ0n) is 11.1. The third kappa shape index (κ3) is 2.45. The van der Waals surface area contributed by atoms with Crippen LogP contribution in [0, 0.1) is 0 Å². The van der Waals surface area contributed by atoms with Crippen molar-refractivity contribution in [2.45, 2.75) is 6.42 Å². The van der Waals surface area contributed by atoms with Crippen molar-refractivity contribution in [3.05, 3.63) is 24.3 Å². The molecule has 6 nitrogen and oxygen atoms in total. The zero-order chi connectivity index (χ0) is 13.9. The second-order valence-corrected chi connectivity index (χ2v) is 4.37. The molecular formula is C14H15N3O3. The molecule has 0 amide bonds. The van der Waals surface area contributed by atoms with Crippen LogP contribution in [0.3, 0.4) is 0 Å². The fourth-order valence-corrected chi connectivity index (χ4v) is 2.02. The molecule has 2 heterocycles. The lowest BCUT2D eigenvalue weighted by Gasteiger charge is -2.10. The Labute approximate surface area is 116 Å². The van der Waals surface area contributed by atoms with Crippen molar-refractivity contribution in [2.75, 3.05) is 26.1 Å². The number of aromatic nitrogens is 2. The number of rotatable bonds is 2. The molecule has 20 heavy (non-hydrogen) atoms. The van der Waals surface area contributed by atoms with Crippen LogP contribution < -0.4 is 19.9 Å². The van der Waals surface area contributed by atoms with E-state index in [4.69, 9.17) is 19.9 Å². The molecule has 0 aliphatic carbocycles. The van der Waals surface area contributed by atoms with Gasteiger partial charge in [-0.15, -0.1) is 0 Å². The molecule has 1 aliphatic heterocycles. The first kappa shape index (κ1) is 12.5. The summed E-state index contributed by atoms with van der Waals surface area (Å²) in [4.78, 5) is 8.18. The van der Waals surface area contributed by atoms with Gasteiger partial charge in [-0.3, -0.25) is 0 Å². The molecule has 3 rings (SSSR count). The Hall–Kier alpha value is -2.50. The van der Waals surface area contributed by atoms with E-state index in [9.17, 15) is 0 Å². The molecule has 0 saturated carbocycles. The fraction of sp³-hybridized carbons (Fsp3) is 0.286. The average molecular weight is 273 g/mol. The van der Waals surface area contributed by atoms with Gasteiger partial charge in [0, 0.05) is 18.1 Å². The van der Waals surface area contributed by atoms with Gasteiger partial charge in [0.15, 0.2) is 11.5 Å². The quantitative estimate of drug-likeness (QED) is 0.900. The fourth-order valence-electron chi connectivity index (χ4n) is 2.02. The van der Waals surface area contributed by atoms with Crippen LogP contribution in [0.25, 0.3) is 11.3 Å². The highest BCUT2D eigenvalue weighted by atomic mass is 16.5. The topological polar surface area (TPSA) is 79.5 Å². The number of hydrogen-bond acceptors (Lipinski definition) is 6. The SMILES string of the molecule is COc1cc(-c2ccc3c(c2)OCCCO3)nc(N)n1. The molecule has 2 aromatic rings. The van der Waals surface area contributed by atoms with Gasteiger partial charge in [0.05, 0.1) is 26.0 Å². The van der Waals surface area contributed by atoms with Crippen LogP contribution in [0.1, 0.15) is 6.42 Å². The number of benzene rings is 1. The molecule has 0 atom stereocenters. The van der Waals surface area contributed by atoms with Crippen LogP contribution in [0.4, 0.5) is 5.95 Å². The van der Waals surface area contributed by atoms with E-state index >= 15 is 0 Å². The highest BCUT2D eigenvalue weighted by Crippen LogP contribution is 2.34. The summed E-state index contributed by atoms with van der Waals surface area (Å²) in [5.74, 6) is 2.07. The lowest BCUT2D eigenvalue weighted by Crippen LogP contribution is -1.99. The van der Waals surface area contributed by atoms with Gasteiger partial charge in [0.25, 0.3) is 0 Å². The van der Waals surface area contributed by atoms with Gasteiger partial charge in [0.2, 0.25) is 11.8 Å². The highest BCUT2D eigenvalue weighted by molar-refractivity contribution is 5.65. The largest absolute Gasteiger partial charge is 0.490 e. The maximum atomic E-state index is 5.68. The third-order valence-electron chi connectivity index (χ3n) is 2.97. The lowest BCUT2D eigenvalue weighted by atomic mass is 10.1. The summed E-state index contributed by atoms with van der Waals surface area (Å²) in [6, 6.07) is 7.41. The predicted molar refractivity (Wildman–Crippen MR) is 74.0 cm³/mol. The number of anilines is 1. The molecule has 0 unspecified atom stereocenters. The van der Waals surface area contributed by atoms with E-state index in [1.807, 2.05) is 18.2 Å². The van der Waals surface area contributed by atoms with Crippen molar-refractivity contribution >= 4 is 5.95 Å². The van der Waals surface area contributed by atoms with Crippen molar-refractivity contribution in [2.24, 2.45) is 0 Å². The van der Waals surface area contributed by atoms with Crippen LogP contribution in [0.2, 0.25) is 0 Å². The summed E-state index contributed by atoms with van der Waals surface area (Å²) in [5, 5.41) is 0. The zero-order valence-corrected chi connectivity index (χ0v) is 11.1. The minimum absolute atomic E-state index is 0.173.